The van der Waals surface area contributed by atoms with E-state index in [1.807, 2.05) is 80.6 Å². The predicted octanol–water partition coefficient (Wildman–Crippen LogP) is 4.09. The molecule has 1 N–H and O–H groups in total. The number of amides is 3. The van der Waals surface area contributed by atoms with Crippen LogP contribution in [0.5, 0.6) is 0 Å². The molecule has 0 unspecified atom stereocenters. The van der Waals surface area contributed by atoms with Gasteiger partial charge in [-0.25, -0.2) is 0 Å². The van der Waals surface area contributed by atoms with Crippen molar-refractivity contribution in [2.45, 2.75) is 45.0 Å². The lowest BCUT2D eigenvalue weighted by atomic mass is 9.95. The number of aryl methyl sites for hydroxylation is 2. The lowest BCUT2D eigenvalue weighted by Crippen LogP contribution is -2.59. The van der Waals surface area contributed by atoms with Crippen molar-refractivity contribution >= 4 is 17.7 Å². The quantitative estimate of drug-likeness (QED) is 0.560. The number of likely N-dealkylation sites (tertiary alicyclic amines) is 1. The van der Waals surface area contributed by atoms with Gasteiger partial charge in [0.1, 0.15) is 11.8 Å². The summed E-state index contributed by atoms with van der Waals surface area (Å²) in [6.45, 7) is 5.31. The molecule has 196 valence electrons. The van der Waals surface area contributed by atoms with E-state index in [1.165, 1.54) is 0 Å². The van der Waals surface area contributed by atoms with Crippen LogP contribution in [0.2, 0.25) is 0 Å². The third-order valence-corrected chi connectivity index (χ3v) is 7.52. The van der Waals surface area contributed by atoms with Crippen molar-refractivity contribution in [2.75, 3.05) is 19.7 Å². The number of piperidine rings is 1. The lowest BCUT2D eigenvalue weighted by Gasteiger charge is -2.44. The maximum absolute atomic E-state index is 13.9. The number of hydrogen-bond donors (Lipinski definition) is 1. The van der Waals surface area contributed by atoms with E-state index < -0.39 is 11.8 Å². The molecule has 0 aliphatic carbocycles. The van der Waals surface area contributed by atoms with Crippen LogP contribution < -0.4 is 5.32 Å². The molecule has 0 aromatic heterocycles. The minimum absolute atomic E-state index is 0.0357. The van der Waals surface area contributed by atoms with E-state index in [1.54, 1.807) is 21.9 Å². The molecule has 7 heteroatoms. The number of rotatable bonds is 5. The highest BCUT2D eigenvalue weighted by atomic mass is 16.5. The van der Waals surface area contributed by atoms with Gasteiger partial charge in [-0.1, -0.05) is 65.7 Å². The van der Waals surface area contributed by atoms with Gasteiger partial charge in [-0.2, -0.15) is 0 Å². The highest BCUT2D eigenvalue weighted by Gasteiger charge is 2.54. The van der Waals surface area contributed by atoms with E-state index in [0.29, 0.717) is 43.6 Å². The Morgan fingerprint density at radius 3 is 1.95 bits per heavy atom. The Hall–Kier alpha value is -3.97. The number of nitrogens with zero attached hydrogens (tertiary/aromatic N) is 2. The van der Waals surface area contributed by atoms with Crippen molar-refractivity contribution in [1.29, 1.82) is 0 Å². The summed E-state index contributed by atoms with van der Waals surface area (Å²) >= 11 is 0. The zero-order chi connectivity index (χ0) is 26.7. The van der Waals surface area contributed by atoms with Crippen molar-refractivity contribution in [1.82, 2.24) is 15.1 Å². The summed E-state index contributed by atoms with van der Waals surface area (Å²) in [6.07, 6.45) is 0.870. The molecule has 1 atom stereocenters. The Bertz CT molecular complexity index is 1300. The topological polar surface area (TPSA) is 79.0 Å². The zero-order valence-corrected chi connectivity index (χ0v) is 21.9. The molecule has 1 spiro atoms. The van der Waals surface area contributed by atoms with Crippen molar-refractivity contribution in [3.8, 4) is 0 Å². The first kappa shape index (κ1) is 25.7. The van der Waals surface area contributed by atoms with Gasteiger partial charge in [-0.3, -0.25) is 19.3 Å². The van der Waals surface area contributed by atoms with E-state index in [9.17, 15) is 14.4 Å². The van der Waals surface area contributed by atoms with Crippen LogP contribution in [0.3, 0.4) is 0 Å². The van der Waals surface area contributed by atoms with Gasteiger partial charge in [0.05, 0.1) is 6.61 Å². The molecule has 2 heterocycles. The van der Waals surface area contributed by atoms with Crippen molar-refractivity contribution in [3.05, 3.63) is 107 Å². The summed E-state index contributed by atoms with van der Waals surface area (Å²) in [6, 6.07) is 23.8. The second-order valence-corrected chi connectivity index (χ2v) is 10.2. The van der Waals surface area contributed by atoms with Gasteiger partial charge in [0.2, 0.25) is 5.91 Å². The van der Waals surface area contributed by atoms with E-state index in [4.69, 9.17) is 4.74 Å². The average molecular weight is 512 g/mol. The maximum Gasteiger partial charge on any atom is 0.256 e. The van der Waals surface area contributed by atoms with Gasteiger partial charge in [0, 0.05) is 43.6 Å². The maximum atomic E-state index is 13.9. The highest BCUT2D eigenvalue weighted by Crippen LogP contribution is 2.39. The van der Waals surface area contributed by atoms with Crippen LogP contribution in [-0.2, 0) is 16.1 Å². The van der Waals surface area contributed by atoms with Gasteiger partial charge in [0.25, 0.3) is 11.8 Å². The predicted molar refractivity (Wildman–Crippen MR) is 144 cm³/mol. The third-order valence-electron chi connectivity index (χ3n) is 7.52. The number of carbonyl (C=O) groups is 3. The summed E-state index contributed by atoms with van der Waals surface area (Å²) in [4.78, 5) is 43.8. The van der Waals surface area contributed by atoms with Gasteiger partial charge in [-0.05, 0) is 43.7 Å². The summed E-state index contributed by atoms with van der Waals surface area (Å²) in [5, 5.41) is 2.98. The highest BCUT2D eigenvalue weighted by molar-refractivity contribution is 5.98. The summed E-state index contributed by atoms with van der Waals surface area (Å²) < 4.78 is 6.30. The Labute approximate surface area is 223 Å². The SMILES string of the molecule is Cc1ccc(C(=O)N2CCC3(CC2)OC[C@H](C(=O)NCc2ccccc2)N3C(=O)c2ccc(C)cc2)cc1. The molecule has 3 amide bonds. The van der Waals surface area contributed by atoms with Crippen molar-refractivity contribution in [3.63, 3.8) is 0 Å². The summed E-state index contributed by atoms with van der Waals surface area (Å²) in [5.41, 5.74) is 3.34. The first-order valence-corrected chi connectivity index (χ1v) is 13.1. The van der Waals surface area contributed by atoms with Gasteiger partial charge in [0.15, 0.2) is 0 Å². The number of hydrogen-bond acceptors (Lipinski definition) is 4. The second-order valence-electron chi connectivity index (χ2n) is 10.2. The largest absolute Gasteiger partial charge is 0.353 e. The molecule has 2 fully saturated rings. The Kier molecular flexibility index (Phi) is 7.29. The molecule has 3 aromatic carbocycles. The summed E-state index contributed by atoms with van der Waals surface area (Å²) in [7, 11) is 0. The first-order chi connectivity index (χ1) is 18.4. The Morgan fingerprint density at radius 1 is 0.816 bits per heavy atom. The van der Waals surface area contributed by atoms with Crippen LogP contribution in [0.4, 0.5) is 0 Å². The lowest BCUT2D eigenvalue weighted by molar-refractivity contribution is -0.128. The number of benzene rings is 3. The van der Waals surface area contributed by atoms with Gasteiger partial charge in [-0.15, -0.1) is 0 Å². The average Bonchev–Trinajstić information content (AvgIpc) is 3.31. The first-order valence-electron chi connectivity index (χ1n) is 13.1. The molecule has 38 heavy (non-hydrogen) atoms. The zero-order valence-electron chi connectivity index (χ0n) is 21.9. The Morgan fingerprint density at radius 2 is 1.37 bits per heavy atom. The second kappa shape index (κ2) is 10.8. The number of nitrogens with one attached hydrogen (secondary N) is 1. The van der Waals surface area contributed by atoms with Crippen LogP contribution in [-0.4, -0.2) is 59.0 Å². The number of carbonyl (C=O) groups excluding carboxylic acids is 3. The molecule has 0 bridgehead atoms. The van der Waals surface area contributed by atoms with Crippen molar-refractivity contribution in [2.24, 2.45) is 0 Å². The smallest absolute Gasteiger partial charge is 0.256 e. The Balaban J connectivity index is 1.36. The van der Waals surface area contributed by atoms with E-state index in [2.05, 4.69) is 5.32 Å². The molecule has 2 aliphatic rings. The molecule has 7 nitrogen and oxygen atoms in total. The van der Waals surface area contributed by atoms with Crippen LogP contribution in [0.15, 0.2) is 78.9 Å². The van der Waals surface area contributed by atoms with Crippen LogP contribution >= 0.6 is 0 Å². The fourth-order valence-corrected chi connectivity index (χ4v) is 5.24. The minimum atomic E-state index is -0.944. The fourth-order valence-electron chi connectivity index (χ4n) is 5.24. The fraction of sp³-hybridized carbons (Fsp3) is 0.323. The molecule has 2 saturated heterocycles. The molecular formula is C31H33N3O4. The van der Waals surface area contributed by atoms with Gasteiger partial charge >= 0.3 is 0 Å². The summed E-state index contributed by atoms with van der Waals surface area (Å²) in [5.74, 6) is -0.517. The van der Waals surface area contributed by atoms with Crippen LogP contribution in [0, 0.1) is 13.8 Å². The molecule has 0 radical (unpaired) electrons. The minimum Gasteiger partial charge on any atom is -0.353 e. The standard InChI is InChI=1S/C31H33N3O4/c1-22-8-12-25(13-9-22)29(36)33-18-16-31(17-19-33)34(30(37)26-14-10-23(2)11-15-26)27(21-38-31)28(35)32-20-24-6-4-3-5-7-24/h3-15,27H,16-21H2,1-2H3,(H,32,35)/t27-/m1/s1. The molecule has 3 aromatic rings. The monoisotopic (exact) mass is 511 g/mol. The molecule has 2 aliphatic heterocycles. The normalized spacial score (nSPS) is 18.4. The van der Waals surface area contributed by atoms with E-state index in [0.717, 1.165) is 16.7 Å². The van der Waals surface area contributed by atoms with Crippen LogP contribution in [0.25, 0.3) is 0 Å². The van der Waals surface area contributed by atoms with Gasteiger partial charge < -0.3 is 15.0 Å². The molecular weight excluding hydrogens is 478 g/mol. The van der Waals surface area contributed by atoms with E-state index in [-0.39, 0.29) is 24.3 Å². The van der Waals surface area contributed by atoms with Crippen LogP contribution in [0.1, 0.15) is 50.2 Å². The molecule has 5 rings (SSSR count). The number of ether oxygens (including phenoxy) is 1. The van der Waals surface area contributed by atoms with Crippen molar-refractivity contribution < 1.29 is 19.1 Å². The third kappa shape index (κ3) is 5.20. The molecule has 0 saturated carbocycles. The van der Waals surface area contributed by atoms with E-state index >= 15 is 0 Å².